The second kappa shape index (κ2) is 32.0. The van der Waals surface area contributed by atoms with E-state index in [1.807, 2.05) is 36.4 Å². The molecule has 4 aromatic heterocycles. The predicted molar refractivity (Wildman–Crippen MR) is 606 cm³/mol. The Kier molecular flexibility index (Phi) is 17.9. The summed E-state index contributed by atoms with van der Waals surface area (Å²) in [6.07, 6.45) is 0. The molecular formula is C142H85N7O. The number of rotatable bonds is 11. The zero-order chi connectivity index (χ0) is 98.2. The standard InChI is InChI=1S/C142H85N7O/c1-3-33-88(34-4-1)133-143-135(146-136(144-133)92-73-78-96(79-74-92)149-128-63-29-15-43-106(128)107-44-16-30-64-129(107)149)90-69-65-86(66-70-90)93-77-82-124-127(83-93)140(114-52-19-11-40-102(114)103-41-12-20-53-115(103)140)120-58-25-26-59-121(120)141(124)117-55-22-14-46-111(117)131-98(47-32-62-125(131)141)95-76-81-108-109-49-31-48-99(132(109)150-130(108)85-95)87-67-71-91(72-68-87)137-145-134(89-35-5-2-6-36-89)147-138(148-137)110-45-8-7-37-97(110)94-75-80-105-104-42-13-21-54-116(104)142(126(105)84-94)122-60-27-23-56-118(122)139(119-57-24-28-61-123(119)142)112-50-17-9-38-100(112)101-39-10-18-51-113(101)139/h1-85H. The van der Waals surface area contributed by atoms with Crippen LogP contribution in [0.2, 0.25) is 0 Å². The van der Waals surface area contributed by atoms with Gasteiger partial charge in [0, 0.05) is 66.2 Å². The zero-order valence-corrected chi connectivity index (χ0v) is 81.1. The molecule has 4 spiro atoms. The first-order valence-electron chi connectivity index (χ1n) is 51.7. The highest BCUT2D eigenvalue weighted by Crippen LogP contribution is 2.71. The van der Waals surface area contributed by atoms with Crippen LogP contribution in [0.1, 0.15) is 89.0 Å². The maximum absolute atomic E-state index is 7.35. The van der Waals surface area contributed by atoms with Crippen molar-refractivity contribution in [3.8, 4) is 163 Å². The van der Waals surface area contributed by atoms with Crippen molar-refractivity contribution in [3.63, 3.8) is 0 Å². The van der Waals surface area contributed by atoms with Crippen molar-refractivity contribution < 1.29 is 4.42 Å². The minimum absolute atomic E-state index is 0.556. The smallest absolute Gasteiger partial charge is 0.164 e. The van der Waals surface area contributed by atoms with Crippen molar-refractivity contribution in [1.82, 2.24) is 34.5 Å². The Morgan fingerprint density at radius 3 is 0.947 bits per heavy atom. The number of benzene rings is 22. The highest BCUT2D eigenvalue weighted by atomic mass is 16.3. The van der Waals surface area contributed by atoms with Crippen molar-refractivity contribution in [3.05, 3.63) is 605 Å². The molecule has 6 aliphatic carbocycles. The molecule has 0 amide bonds. The van der Waals surface area contributed by atoms with Crippen molar-refractivity contribution in [1.29, 1.82) is 0 Å². The lowest BCUT2D eigenvalue weighted by Crippen LogP contribution is -2.43. The van der Waals surface area contributed by atoms with E-state index in [2.05, 4.69) is 484 Å². The fourth-order valence-corrected chi connectivity index (χ4v) is 27.5. The number of aromatic nitrogens is 7. The fraction of sp³-hybridized carbons (Fsp3) is 0.0282. The summed E-state index contributed by atoms with van der Waals surface area (Å²) in [6, 6.07) is 190. The van der Waals surface area contributed by atoms with Gasteiger partial charge in [0.05, 0.1) is 32.7 Å². The number of fused-ring (bicyclic) bond motifs is 38. The van der Waals surface area contributed by atoms with Crippen LogP contribution in [-0.4, -0.2) is 34.5 Å². The predicted octanol–water partition coefficient (Wildman–Crippen LogP) is 33.8. The summed E-state index contributed by atoms with van der Waals surface area (Å²) >= 11 is 0. The molecule has 0 saturated carbocycles. The molecule has 4 heterocycles. The molecule has 0 bridgehead atoms. The number of hydrogen-bond donors (Lipinski definition) is 0. The average molecular weight is 1910 g/mol. The van der Waals surface area contributed by atoms with E-state index in [9.17, 15) is 0 Å². The van der Waals surface area contributed by atoms with Gasteiger partial charge in [-0.2, -0.15) is 0 Å². The van der Waals surface area contributed by atoms with Crippen LogP contribution in [0.15, 0.2) is 520 Å². The molecule has 8 heteroatoms. The largest absolute Gasteiger partial charge is 0.455 e. The van der Waals surface area contributed by atoms with Gasteiger partial charge in [-0.15, -0.1) is 0 Å². The van der Waals surface area contributed by atoms with Gasteiger partial charge in [-0.1, -0.05) is 455 Å². The van der Waals surface area contributed by atoms with Crippen LogP contribution >= 0.6 is 0 Å². The Bertz CT molecular complexity index is 10000. The minimum Gasteiger partial charge on any atom is -0.455 e. The van der Waals surface area contributed by atoms with Gasteiger partial charge in [0.2, 0.25) is 0 Å². The molecule has 6 aliphatic rings. The summed E-state index contributed by atoms with van der Waals surface area (Å²) in [6.45, 7) is 0. The average Bonchev–Trinajstić information content (AvgIpc) is 1.47. The van der Waals surface area contributed by atoms with Crippen LogP contribution in [0, 0.1) is 0 Å². The number of nitrogens with zero attached hydrogens (tertiary/aromatic N) is 7. The molecule has 0 N–H and O–H groups in total. The Balaban J connectivity index is 0.489. The minimum atomic E-state index is -0.772. The topological polar surface area (TPSA) is 95.4 Å². The number of furan rings is 1. The van der Waals surface area contributed by atoms with Gasteiger partial charge < -0.3 is 8.98 Å². The molecular weight excluding hydrogens is 1820 g/mol. The van der Waals surface area contributed by atoms with E-state index in [1.165, 1.54) is 144 Å². The third-order valence-corrected chi connectivity index (χ3v) is 33.6. The van der Waals surface area contributed by atoms with E-state index >= 15 is 0 Å². The first-order valence-corrected chi connectivity index (χ1v) is 51.7. The Morgan fingerprint density at radius 1 is 0.153 bits per heavy atom. The van der Waals surface area contributed by atoms with Crippen molar-refractivity contribution in [2.24, 2.45) is 0 Å². The molecule has 26 aromatic rings. The normalized spacial score (nSPS) is 14.6. The molecule has 150 heavy (non-hydrogen) atoms. The summed E-state index contributed by atoms with van der Waals surface area (Å²) in [5.74, 6) is 3.54. The van der Waals surface area contributed by atoms with Crippen LogP contribution in [0.25, 0.3) is 207 Å². The molecule has 22 aromatic carbocycles. The summed E-state index contributed by atoms with van der Waals surface area (Å²) in [4.78, 5) is 32.1. The highest BCUT2D eigenvalue weighted by molar-refractivity contribution is 6.13. The zero-order valence-electron chi connectivity index (χ0n) is 81.1. The van der Waals surface area contributed by atoms with E-state index in [1.54, 1.807) is 0 Å². The molecule has 32 rings (SSSR count). The second-order valence-electron chi connectivity index (χ2n) is 40.6. The summed E-state index contributed by atoms with van der Waals surface area (Å²) in [5.41, 5.74) is 46.5. The van der Waals surface area contributed by atoms with Gasteiger partial charge >= 0.3 is 0 Å². The molecule has 1 atom stereocenters. The first kappa shape index (κ1) is 83.9. The Morgan fingerprint density at radius 2 is 0.453 bits per heavy atom. The van der Waals surface area contributed by atoms with Crippen LogP contribution in [0.5, 0.6) is 0 Å². The highest BCUT2D eigenvalue weighted by Gasteiger charge is 2.62. The Hall–Kier alpha value is -19.5. The lowest BCUT2D eigenvalue weighted by molar-refractivity contribution is 0.633. The monoisotopic (exact) mass is 1900 g/mol. The van der Waals surface area contributed by atoms with Gasteiger partial charge in [-0.3, -0.25) is 0 Å². The molecule has 0 fully saturated rings. The van der Waals surface area contributed by atoms with Gasteiger partial charge in [0.1, 0.15) is 11.2 Å². The summed E-state index contributed by atoms with van der Waals surface area (Å²) in [7, 11) is 0. The quantitative estimate of drug-likeness (QED) is 0.127. The lowest BCUT2D eigenvalue weighted by Gasteiger charge is -2.49. The molecule has 694 valence electrons. The summed E-state index contributed by atoms with van der Waals surface area (Å²) in [5, 5.41) is 4.52. The number of para-hydroxylation sites is 3. The molecule has 1 unspecified atom stereocenters. The van der Waals surface area contributed by atoms with Gasteiger partial charge in [-0.05, 0) is 233 Å². The van der Waals surface area contributed by atoms with Crippen LogP contribution in [-0.2, 0) is 21.7 Å². The van der Waals surface area contributed by atoms with Crippen LogP contribution < -0.4 is 0 Å². The fourth-order valence-electron chi connectivity index (χ4n) is 27.5. The van der Waals surface area contributed by atoms with E-state index in [-0.39, 0.29) is 0 Å². The van der Waals surface area contributed by atoms with E-state index < -0.39 is 21.7 Å². The third-order valence-electron chi connectivity index (χ3n) is 33.6. The number of hydrogen-bond acceptors (Lipinski definition) is 7. The van der Waals surface area contributed by atoms with Crippen molar-refractivity contribution >= 4 is 43.7 Å². The van der Waals surface area contributed by atoms with Gasteiger partial charge in [-0.25, -0.2) is 29.9 Å². The maximum atomic E-state index is 7.35. The van der Waals surface area contributed by atoms with Gasteiger partial charge in [0.25, 0.3) is 0 Å². The van der Waals surface area contributed by atoms with Crippen molar-refractivity contribution in [2.75, 3.05) is 0 Å². The lowest BCUT2D eigenvalue weighted by atomic mass is 9.52. The summed E-state index contributed by atoms with van der Waals surface area (Å²) < 4.78 is 9.69. The third kappa shape index (κ3) is 11.5. The van der Waals surface area contributed by atoms with Gasteiger partial charge in [0.15, 0.2) is 34.9 Å². The molecule has 0 saturated heterocycles. The van der Waals surface area contributed by atoms with E-state index in [0.29, 0.717) is 34.9 Å². The maximum Gasteiger partial charge on any atom is 0.164 e. The van der Waals surface area contributed by atoms with Crippen LogP contribution in [0.3, 0.4) is 0 Å². The second-order valence-corrected chi connectivity index (χ2v) is 40.6. The molecule has 0 aliphatic heterocycles. The SMILES string of the molecule is c1ccc(-c2nc(-c3ccc(-c4ccc5c(c4)C4(c6ccccc6-c6ccccc64)c4ccccc4C54c5ccccc5-c5c(-c6ccc7c(c6)oc6c(-c8ccc(-c9nc(-c%10ccccc%10)nc(-c%10ccccc%10-c%10ccc%11c(c%10)C%10(c%12ccccc%12-%11)c%11ccccc%11C%11(c%12ccccc%12-c%12ccccc%12%11)c%11ccccc%11%10)n9)cc8)cccc67)cccc54)cc3)nc(-c3ccc(-n4c5ccccc5c5ccccc54)cc3)n2)cc1. The molecule has 8 nitrogen and oxygen atoms in total. The molecule has 0 radical (unpaired) electrons. The van der Waals surface area contributed by atoms with Crippen LogP contribution in [0.4, 0.5) is 0 Å². The van der Waals surface area contributed by atoms with E-state index in [0.717, 1.165) is 117 Å². The Labute approximate surface area is 865 Å². The van der Waals surface area contributed by atoms with E-state index in [4.69, 9.17) is 34.3 Å². The first-order chi connectivity index (χ1) is 74.4. The van der Waals surface area contributed by atoms with Crippen molar-refractivity contribution in [2.45, 2.75) is 21.7 Å².